The highest BCUT2D eigenvalue weighted by Gasteiger charge is 2.84. The summed E-state index contributed by atoms with van der Waals surface area (Å²) < 4.78 is 0. The van der Waals surface area contributed by atoms with Crippen LogP contribution in [0.3, 0.4) is 0 Å². The Morgan fingerprint density at radius 3 is 2.76 bits per heavy atom. The van der Waals surface area contributed by atoms with Crippen molar-refractivity contribution in [2.24, 2.45) is 39.9 Å². The van der Waals surface area contributed by atoms with Crippen LogP contribution in [0.15, 0.2) is 12.2 Å². The van der Waals surface area contributed by atoms with Gasteiger partial charge in [-0.15, -0.1) is 0 Å². The molecule has 6 saturated carbocycles. The lowest BCUT2D eigenvalue weighted by atomic mass is 9.39. The van der Waals surface area contributed by atoms with Crippen molar-refractivity contribution >= 4 is 0 Å². The molecule has 25 heavy (non-hydrogen) atoms. The SMILES string of the molecule is C=C1[C@H]2CC[C@]3([C@@H]([C@H]2O)[C@@]24CCC[C@@]5(C)CN(CC)[C@@H]2[C@@H]3C[C@H]54)[C@@H]1O. The maximum atomic E-state index is 11.5. The number of fused-ring (bicyclic) bond motifs is 2. The van der Waals surface area contributed by atoms with Crippen LogP contribution in [0.4, 0.5) is 0 Å². The lowest BCUT2D eigenvalue weighted by molar-refractivity contribution is -0.227. The molecule has 10 atom stereocenters. The number of aliphatic hydroxyl groups is 2. The highest BCUT2D eigenvalue weighted by atomic mass is 16.3. The minimum atomic E-state index is -0.377. The average molecular weight is 344 g/mol. The minimum absolute atomic E-state index is 0.0809. The number of hydrogen-bond acceptors (Lipinski definition) is 3. The smallest absolute Gasteiger partial charge is 0.0814 e. The van der Waals surface area contributed by atoms with Gasteiger partial charge in [0.25, 0.3) is 0 Å². The van der Waals surface area contributed by atoms with E-state index in [1.165, 1.54) is 32.2 Å². The topological polar surface area (TPSA) is 43.7 Å². The molecule has 0 amide bonds. The van der Waals surface area contributed by atoms with E-state index in [4.69, 9.17) is 0 Å². The van der Waals surface area contributed by atoms with E-state index in [2.05, 4.69) is 25.3 Å². The predicted octanol–water partition coefficient (Wildman–Crippen LogP) is 2.82. The zero-order valence-electron chi connectivity index (χ0n) is 15.7. The van der Waals surface area contributed by atoms with Crippen molar-refractivity contribution in [2.75, 3.05) is 13.1 Å². The van der Waals surface area contributed by atoms with Crippen LogP contribution in [0.25, 0.3) is 0 Å². The van der Waals surface area contributed by atoms with Crippen LogP contribution in [0.1, 0.15) is 52.4 Å². The third-order valence-corrected chi connectivity index (χ3v) is 10.5. The third kappa shape index (κ3) is 1.34. The second-order valence-corrected chi connectivity index (χ2v) is 10.7. The fourth-order valence-corrected chi connectivity index (χ4v) is 10.1. The molecule has 3 heteroatoms. The highest BCUT2D eigenvalue weighted by molar-refractivity contribution is 5.38. The van der Waals surface area contributed by atoms with E-state index in [1.54, 1.807) is 0 Å². The number of nitrogens with zero attached hydrogens (tertiary/aromatic N) is 1. The second-order valence-electron chi connectivity index (χ2n) is 10.7. The molecule has 0 aromatic carbocycles. The highest BCUT2D eigenvalue weighted by Crippen LogP contribution is 2.83. The summed E-state index contributed by atoms with van der Waals surface area (Å²) >= 11 is 0. The molecule has 7 aliphatic rings. The standard InChI is InChI=1S/C22H33NO2/c1-4-23-11-20(3)7-5-8-22-15(20)10-14(18(22)23)21-9-6-13(12(2)19(21)25)16(24)17(21)22/h13-19,24-25H,2,4-11H2,1,3H3/t13-,14+,15-,16+,17-,18-,19-,20+,21+,22+/m1/s1. The maximum absolute atomic E-state index is 11.5. The Balaban J connectivity index is 1.60. The fraction of sp³-hybridized carbons (Fsp3) is 0.909. The monoisotopic (exact) mass is 343 g/mol. The molecule has 3 nitrogen and oxygen atoms in total. The summed E-state index contributed by atoms with van der Waals surface area (Å²) in [4.78, 5) is 2.77. The van der Waals surface area contributed by atoms with Crippen LogP contribution in [-0.4, -0.2) is 46.5 Å². The summed E-state index contributed by atoms with van der Waals surface area (Å²) in [5.74, 6) is 1.77. The third-order valence-electron chi connectivity index (χ3n) is 10.5. The molecule has 138 valence electrons. The summed E-state index contributed by atoms with van der Waals surface area (Å²) in [6.45, 7) is 11.5. The first-order chi connectivity index (χ1) is 11.9. The first kappa shape index (κ1) is 15.7. The molecule has 6 aliphatic carbocycles. The molecule has 0 aromatic heterocycles. The van der Waals surface area contributed by atoms with E-state index in [9.17, 15) is 10.2 Å². The molecule has 2 N–H and O–H groups in total. The zero-order valence-corrected chi connectivity index (χ0v) is 15.7. The van der Waals surface area contributed by atoms with Gasteiger partial charge in [-0.3, -0.25) is 4.90 Å². The largest absolute Gasteiger partial charge is 0.392 e. The lowest BCUT2D eigenvalue weighted by Crippen LogP contribution is -2.69. The average Bonchev–Trinajstić information content (AvgIpc) is 2.99. The number of hydrogen-bond donors (Lipinski definition) is 2. The second kappa shape index (κ2) is 4.36. The van der Waals surface area contributed by atoms with Gasteiger partial charge >= 0.3 is 0 Å². The summed E-state index contributed by atoms with van der Waals surface area (Å²) in [5, 5.41) is 22.9. The van der Waals surface area contributed by atoms with Crippen molar-refractivity contribution in [3.05, 3.63) is 12.2 Å². The van der Waals surface area contributed by atoms with Gasteiger partial charge in [0.1, 0.15) is 0 Å². The lowest BCUT2D eigenvalue weighted by Gasteiger charge is -2.68. The van der Waals surface area contributed by atoms with Crippen LogP contribution in [0.2, 0.25) is 0 Å². The van der Waals surface area contributed by atoms with Gasteiger partial charge in [-0.25, -0.2) is 0 Å². The van der Waals surface area contributed by atoms with Crippen molar-refractivity contribution in [2.45, 2.75) is 70.6 Å². The summed E-state index contributed by atoms with van der Waals surface area (Å²) in [6, 6.07) is 0.592. The van der Waals surface area contributed by atoms with Gasteiger partial charge in [-0.2, -0.15) is 0 Å². The number of likely N-dealkylation sites (tertiary alicyclic amines) is 1. The quantitative estimate of drug-likeness (QED) is 0.720. The Bertz CT molecular complexity index is 662. The Morgan fingerprint density at radius 2 is 2.00 bits per heavy atom. The Labute approximate surface area is 151 Å². The van der Waals surface area contributed by atoms with Crippen LogP contribution in [-0.2, 0) is 0 Å². The summed E-state index contributed by atoms with van der Waals surface area (Å²) in [6.07, 6.45) is 6.75. The maximum Gasteiger partial charge on any atom is 0.0814 e. The zero-order chi connectivity index (χ0) is 17.4. The van der Waals surface area contributed by atoms with Crippen molar-refractivity contribution < 1.29 is 10.2 Å². The summed E-state index contributed by atoms with van der Waals surface area (Å²) in [7, 11) is 0. The number of aliphatic hydroxyl groups excluding tert-OH is 2. The van der Waals surface area contributed by atoms with Gasteiger partial charge in [-0.1, -0.05) is 26.8 Å². The van der Waals surface area contributed by atoms with Crippen LogP contribution < -0.4 is 0 Å². The minimum Gasteiger partial charge on any atom is -0.392 e. The van der Waals surface area contributed by atoms with Gasteiger partial charge in [0.2, 0.25) is 0 Å². The Hall–Kier alpha value is -0.380. The predicted molar refractivity (Wildman–Crippen MR) is 96.8 cm³/mol. The van der Waals surface area contributed by atoms with Crippen molar-refractivity contribution in [3.63, 3.8) is 0 Å². The van der Waals surface area contributed by atoms with E-state index in [0.717, 1.165) is 30.9 Å². The molecule has 1 heterocycles. The number of piperidine rings is 1. The van der Waals surface area contributed by atoms with E-state index >= 15 is 0 Å². The Kier molecular flexibility index (Phi) is 2.73. The van der Waals surface area contributed by atoms with Gasteiger partial charge in [0.15, 0.2) is 0 Å². The molecule has 1 aliphatic heterocycles. The molecule has 0 aromatic rings. The molecule has 7 rings (SSSR count). The fourth-order valence-electron chi connectivity index (χ4n) is 10.1. The van der Waals surface area contributed by atoms with E-state index in [0.29, 0.717) is 23.3 Å². The van der Waals surface area contributed by atoms with Crippen LogP contribution in [0.5, 0.6) is 0 Å². The first-order valence-corrected chi connectivity index (χ1v) is 10.7. The molecular formula is C22H33NO2. The molecule has 0 unspecified atom stereocenters. The van der Waals surface area contributed by atoms with Gasteiger partial charge in [0, 0.05) is 29.8 Å². The molecule has 2 spiro atoms. The van der Waals surface area contributed by atoms with E-state index in [1.807, 2.05) is 0 Å². The Morgan fingerprint density at radius 1 is 1.20 bits per heavy atom. The van der Waals surface area contributed by atoms with E-state index < -0.39 is 0 Å². The summed E-state index contributed by atoms with van der Waals surface area (Å²) in [5.41, 5.74) is 1.54. The van der Waals surface area contributed by atoms with Crippen LogP contribution in [0, 0.1) is 39.9 Å². The van der Waals surface area contributed by atoms with Gasteiger partial charge in [0.05, 0.1) is 12.2 Å². The van der Waals surface area contributed by atoms with Crippen molar-refractivity contribution in [1.82, 2.24) is 4.90 Å². The van der Waals surface area contributed by atoms with Crippen molar-refractivity contribution in [1.29, 1.82) is 0 Å². The van der Waals surface area contributed by atoms with E-state index in [-0.39, 0.29) is 29.0 Å². The van der Waals surface area contributed by atoms with Gasteiger partial charge in [-0.05, 0) is 66.9 Å². The number of rotatable bonds is 1. The van der Waals surface area contributed by atoms with Crippen molar-refractivity contribution in [3.8, 4) is 0 Å². The first-order valence-electron chi connectivity index (χ1n) is 10.7. The van der Waals surface area contributed by atoms with Gasteiger partial charge < -0.3 is 10.2 Å². The molecule has 0 radical (unpaired) electrons. The molecule has 7 bridgehead atoms. The van der Waals surface area contributed by atoms with Crippen LogP contribution >= 0.6 is 0 Å². The normalized spacial score (nSPS) is 64.6. The molecule has 7 fully saturated rings. The molecular weight excluding hydrogens is 310 g/mol. The molecule has 1 saturated heterocycles.